The maximum Gasteiger partial charge on any atom is 0.230 e. The van der Waals surface area contributed by atoms with Crippen LogP contribution in [0.25, 0.3) is 0 Å². The number of rotatable bonds is 6. The van der Waals surface area contributed by atoms with Crippen LogP contribution in [0.1, 0.15) is 32.1 Å². The molecule has 1 unspecified atom stereocenters. The highest BCUT2D eigenvalue weighted by Crippen LogP contribution is 2.39. The largest absolute Gasteiger partial charge is 0.495 e. The minimum Gasteiger partial charge on any atom is -0.495 e. The normalized spacial score (nSPS) is 20.2. The summed E-state index contributed by atoms with van der Waals surface area (Å²) in [6, 6.07) is 5.95. The fraction of sp³-hybridized carbons (Fsp3) is 0.636. The summed E-state index contributed by atoms with van der Waals surface area (Å²) in [6.07, 6.45) is 5.05. The highest BCUT2D eigenvalue weighted by Gasteiger charge is 2.42. The van der Waals surface area contributed by atoms with E-state index in [1.807, 2.05) is 32.3 Å². The van der Waals surface area contributed by atoms with Gasteiger partial charge < -0.3 is 25.2 Å². The first kappa shape index (κ1) is 25.8. The summed E-state index contributed by atoms with van der Waals surface area (Å²) in [5, 5.41) is 7.65. The van der Waals surface area contributed by atoms with Gasteiger partial charge in [-0.3, -0.25) is 9.79 Å². The molecule has 2 aliphatic rings. The Hall–Kier alpha value is -1.42. The average Bonchev–Trinajstić information content (AvgIpc) is 3.40. The second-order valence-electron chi connectivity index (χ2n) is 8.50. The maximum absolute atomic E-state index is 12.8. The maximum atomic E-state index is 12.8. The topological polar surface area (TPSA) is 69.2 Å². The van der Waals surface area contributed by atoms with E-state index >= 15 is 0 Å². The minimum absolute atomic E-state index is 0. The first-order valence-electron chi connectivity index (χ1n) is 10.7. The van der Waals surface area contributed by atoms with Crippen molar-refractivity contribution >= 4 is 53.1 Å². The Kier molecular flexibility index (Phi) is 9.54. The number of nitrogens with one attached hydrogen (secondary N) is 2. The molecule has 1 aromatic rings. The van der Waals surface area contributed by atoms with Crippen LogP contribution in [-0.2, 0) is 4.79 Å². The van der Waals surface area contributed by atoms with Crippen molar-refractivity contribution in [1.29, 1.82) is 0 Å². The van der Waals surface area contributed by atoms with Crippen molar-refractivity contribution in [3.8, 4) is 5.75 Å². The van der Waals surface area contributed by atoms with Gasteiger partial charge >= 0.3 is 0 Å². The quantitative estimate of drug-likeness (QED) is 0.316. The molecule has 1 aromatic carbocycles. The standard InChI is InChI=1S/C22H34ClN5O2.HI/c1-24-21(25-15-22(10-5-6-11-22)20(29)27(2)3)26-17-9-12-28(14-17)18-13-16(23)7-8-19(18)30-4;/h7-8,13,17H,5-6,9-12,14-15H2,1-4H3,(H2,24,25,26);1H. The number of anilines is 1. The second-order valence-corrected chi connectivity index (χ2v) is 8.94. The lowest BCUT2D eigenvalue weighted by Crippen LogP contribution is -2.51. The van der Waals surface area contributed by atoms with E-state index in [1.54, 1.807) is 19.1 Å². The molecule has 31 heavy (non-hydrogen) atoms. The van der Waals surface area contributed by atoms with Crippen LogP contribution in [0.15, 0.2) is 23.2 Å². The first-order chi connectivity index (χ1) is 14.4. The molecule has 0 radical (unpaired) electrons. The fourth-order valence-corrected chi connectivity index (χ4v) is 4.81. The molecule has 1 heterocycles. The molecule has 9 heteroatoms. The Labute approximate surface area is 207 Å². The highest BCUT2D eigenvalue weighted by atomic mass is 127. The van der Waals surface area contributed by atoms with E-state index in [0.717, 1.165) is 62.6 Å². The van der Waals surface area contributed by atoms with Crippen LogP contribution in [0.4, 0.5) is 5.69 Å². The molecule has 1 saturated heterocycles. The van der Waals surface area contributed by atoms with Gasteiger partial charge in [-0.2, -0.15) is 0 Å². The lowest BCUT2D eigenvalue weighted by atomic mass is 9.84. The number of methoxy groups -OCH3 is 1. The Morgan fingerprint density at radius 1 is 1.35 bits per heavy atom. The zero-order valence-electron chi connectivity index (χ0n) is 18.9. The number of benzene rings is 1. The molecule has 1 saturated carbocycles. The third-order valence-corrected chi connectivity index (χ3v) is 6.48. The molecule has 0 bridgehead atoms. The summed E-state index contributed by atoms with van der Waals surface area (Å²) in [5.74, 6) is 1.79. The van der Waals surface area contributed by atoms with Gasteiger partial charge in [0.1, 0.15) is 5.75 Å². The number of aliphatic imine (C=N–C) groups is 1. The van der Waals surface area contributed by atoms with E-state index in [4.69, 9.17) is 16.3 Å². The van der Waals surface area contributed by atoms with Gasteiger partial charge in [0.15, 0.2) is 5.96 Å². The summed E-state index contributed by atoms with van der Waals surface area (Å²) in [6.45, 7) is 2.36. The molecule has 1 aliphatic heterocycles. The molecule has 174 valence electrons. The monoisotopic (exact) mass is 563 g/mol. The number of ether oxygens (including phenoxy) is 1. The third kappa shape index (κ3) is 6.09. The summed E-state index contributed by atoms with van der Waals surface area (Å²) in [7, 11) is 7.13. The predicted molar refractivity (Wildman–Crippen MR) is 138 cm³/mol. The number of carbonyl (C=O) groups is 1. The van der Waals surface area contributed by atoms with Gasteiger partial charge in [-0.05, 0) is 37.5 Å². The summed E-state index contributed by atoms with van der Waals surface area (Å²) >= 11 is 6.20. The molecule has 7 nitrogen and oxygen atoms in total. The van der Waals surface area contributed by atoms with Crippen molar-refractivity contribution in [2.75, 3.05) is 52.8 Å². The average molecular weight is 564 g/mol. The summed E-state index contributed by atoms with van der Waals surface area (Å²) in [4.78, 5) is 21.2. The Morgan fingerprint density at radius 2 is 2.06 bits per heavy atom. The van der Waals surface area contributed by atoms with Crippen LogP contribution in [-0.4, -0.2) is 70.7 Å². The number of amides is 1. The van der Waals surface area contributed by atoms with Crippen molar-refractivity contribution in [2.45, 2.75) is 38.1 Å². The number of guanidine groups is 1. The highest BCUT2D eigenvalue weighted by molar-refractivity contribution is 14.0. The molecular weight excluding hydrogens is 529 g/mol. The number of hydrogen-bond acceptors (Lipinski definition) is 4. The van der Waals surface area contributed by atoms with Crippen molar-refractivity contribution in [1.82, 2.24) is 15.5 Å². The zero-order chi connectivity index (χ0) is 21.7. The number of nitrogens with zero attached hydrogens (tertiary/aromatic N) is 3. The van der Waals surface area contributed by atoms with E-state index in [0.29, 0.717) is 11.6 Å². The van der Waals surface area contributed by atoms with Gasteiger partial charge in [0, 0.05) is 51.8 Å². The van der Waals surface area contributed by atoms with Crippen molar-refractivity contribution in [3.05, 3.63) is 23.2 Å². The molecule has 2 N–H and O–H groups in total. The molecule has 1 aliphatic carbocycles. The molecular formula is C22H35ClIN5O2. The zero-order valence-corrected chi connectivity index (χ0v) is 22.0. The predicted octanol–water partition coefficient (Wildman–Crippen LogP) is 3.36. The van der Waals surface area contributed by atoms with Gasteiger partial charge in [0.25, 0.3) is 0 Å². The lowest BCUT2D eigenvalue weighted by molar-refractivity contribution is -0.138. The Bertz CT molecular complexity index is 783. The van der Waals surface area contributed by atoms with Gasteiger partial charge in [0.2, 0.25) is 5.91 Å². The number of hydrogen-bond donors (Lipinski definition) is 2. The number of halogens is 2. The van der Waals surface area contributed by atoms with Gasteiger partial charge in [0.05, 0.1) is 18.2 Å². The Balaban J connectivity index is 0.00000341. The van der Waals surface area contributed by atoms with Gasteiger partial charge in [-0.1, -0.05) is 24.4 Å². The smallest absolute Gasteiger partial charge is 0.230 e. The van der Waals surface area contributed by atoms with Crippen molar-refractivity contribution < 1.29 is 9.53 Å². The molecule has 1 amide bonds. The van der Waals surface area contributed by atoms with Crippen molar-refractivity contribution in [3.63, 3.8) is 0 Å². The van der Waals surface area contributed by atoms with E-state index in [1.165, 1.54) is 0 Å². The van der Waals surface area contributed by atoms with E-state index < -0.39 is 0 Å². The number of carbonyl (C=O) groups excluding carboxylic acids is 1. The van der Waals surface area contributed by atoms with Crippen LogP contribution in [0.5, 0.6) is 5.75 Å². The lowest BCUT2D eigenvalue weighted by Gasteiger charge is -2.31. The first-order valence-corrected chi connectivity index (χ1v) is 11.0. The van der Waals surface area contributed by atoms with Gasteiger partial charge in [-0.25, -0.2) is 0 Å². The van der Waals surface area contributed by atoms with Crippen LogP contribution in [0.3, 0.4) is 0 Å². The van der Waals surface area contributed by atoms with E-state index in [2.05, 4.69) is 20.5 Å². The molecule has 2 fully saturated rings. The van der Waals surface area contributed by atoms with Crippen molar-refractivity contribution in [2.24, 2.45) is 10.4 Å². The molecule has 1 atom stereocenters. The van der Waals surface area contributed by atoms with E-state index in [9.17, 15) is 4.79 Å². The summed E-state index contributed by atoms with van der Waals surface area (Å²) in [5.41, 5.74) is 0.690. The van der Waals surface area contributed by atoms with Gasteiger partial charge in [-0.15, -0.1) is 24.0 Å². The van der Waals surface area contributed by atoms with Crippen LogP contribution in [0.2, 0.25) is 5.02 Å². The third-order valence-electron chi connectivity index (χ3n) is 6.25. The Morgan fingerprint density at radius 3 is 2.68 bits per heavy atom. The summed E-state index contributed by atoms with van der Waals surface area (Å²) < 4.78 is 5.51. The van der Waals surface area contributed by atoms with Crippen LogP contribution in [0, 0.1) is 5.41 Å². The fourth-order valence-electron chi connectivity index (χ4n) is 4.64. The minimum atomic E-state index is -0.322. The SMILES string of the molecule is CN=C(NCC1(C(=O)N(C)C)CCCC1)NC1CCN(c2cc(Cl)ccc2OC)C1.I. The van der Waals surface area contributed by atoms with Crippen LogP contribution >= 0.6 is 35.6 Å². The molecule has 0 aromatic heterocycles. The molecule has 3 rings (SSSR count). The molecule has 0 spiro atoms. The second kappa shape index (κ2) is 11.4. The van der Waals surface area contributed by atoms with E-state index in [-0.39, 0.29) is 41.3 Å². The van der Waals surface area contributed by atoms with Crippen LogP contribution < -0.4 is 20.3 Å².